The molecular formula is C30H32N4OS. The standard InChI is InChI=1S/C30H32N4OS/c1-3-22-11-13-23(14-12-22)26-9-4-5-10-27(26)32-29(35)28-20-36-30(33-28)24-15-17-34(18-16-24)19-25-8-6-7-21(2)31-25/h4-14,20,24H,3,15-19H2,1-2H3,(H,32,35). The third-order valence-electron chi connectivity index (χ3n) is 6.87. The molecule has 0 unspecified atom stereocenters. The first-order valence-electron chi connectivity index (χ1n) is 12.7. The van der Waals surface area contributed by atoms with Gasteiger partial charge in [-0.15, -0.1) is 11.3 Å². The predicted octanol–water partition coefficient (Wildman–Crippen LogP) is 6.71. The SMILES string of the molecule is CCc1ccc(-c2ccccc2NC(=O)c2csc(C3CCN(Cc4cccc(C)n4)CC3)n2)cc1. The second-order valence-electron chi connectivity index (χ2n) is 9.44. The fraction of sp³-hybridized carbons (Fsp3) is 0.300. The van der Waals surface area contributed by atoms with Crippen LogP contribution in [0.1, 0.15) is 58.1 Å². The minimum atomic E-state index is -0.155. The van der Waals surface area contributed by atoms with E-state index in [9.17, 15) is 4.79 Å². The zero-order valence-corrected chi connectivity index (χ0v) is 21.7. The number of rotatable bonds is 7. The Morgan fingerprint density at radius 1 is 1.00 bits per heavy atom. The first kappa shape index (κ1) is 24.3. The van der Waals surface area contributed by atoms with Crippen LogP contribution in [-0.4, -0.2) is 33.9 Å². The van der Waals surface area contributed by atoms with Crippen LogP contribution in [0.2, 0.25) is 0 Å². The molecule has 36 heavy (non-hydrogen) atoms. The molecule has 184 valence electrons. The van der Waals surface area contributed by atoms with Crippen LogP contribution in [0.15, 0.2) is 72.1 Å². The van der Waals surface area contributed by atoms with Crippen LogP contribution in [0.25, 0.3) is 11.1 Å². The number of carbonyl (C=O) groups is 1. The van der Waals surface area contributed by atoms with Crippen molar-refractivity contribution in [3.8, 4) is 11.1 Å². The molecule has 2 aromatic heterocycles. The van der Waals surface area contributed by atoms with Gasteiger partial charge in [-0.3, -0.25) is 14.7 Å². The van der Waals surface area contributed by atoms with Crippen molar-refractivity contribution in [3.63, 3.8) is 0 Å². The molecule has 5 nitrogen and oxygen atoms in total. The van der Waals surface area contributed by atoms with Crippen LogP contribution < -0.4 is 5.32 Å². The first-order chi connectivity index (χ1) is 17.6. The lowest BCUT2D eigenvalue weighted by Gasteiger charge is -2.30. The average molecular weight is 497 g/mol. The predicted molar refractivity (Wildman–Crippen MR) is 148 cm³/mol. The highest BCUT2D eigenvalue weighted by Crippen LogP contribution is 2.32. The van der Waals surface area contributed by atoms with Gasteiger partial charge in [0.25, 0.3) is 5.91 Å². The van der Waals surface area contributed by atoms with Crippen LogP contribution in [0.4, 0.5) is 5.69 Å². The normalized spacial score (nSPS) is 14.6. The number of para-hydroxylation sites is 1. The summed E-state index contributed by atoms with van der Waals surface area (Å²) in [4.78, 5) is 24.9. The first-order valence-corrected chi connectivity index (χ1v) is 13.6. The van der Waals surface area contributed by atoms with Crippen molar-refractivity contribution in [1.29, 1.82) is 0 Å². The van der Waals surface area contributed by atoms with E-state index in [2.05, 4.69) is 58.5 Å². The number of nitrogens with one attached hydrogen (secondary N) is 1. The second-order valence-corrected chi connectivity index (χ2v) is 10.3. The number of thiazole rings is 1. The van der Waals surface area contributed by atoms with Gasteiger partial charge in [-0.1, -0.05) is 55.5 Å². The lowest BCUT2D eigenvalue weighted by atomic mass is 9.97. The molecule has 4 aromatic rings. The Kier molecular flexibility index (Phi) is 7.54. The molecule has 5 rings (SSSR count). The van der Waals surface area contributed by atoms with Crippen molar-refractivity contribution in [2.75, 3.05) is 18.4 Å². The monoisotopic (exact) mass is 496 g/mol. The van der Waals surface area contributed by atoms with Crippen LogP contribution in [0, 0.1) is 6.92 Å². The second kappa shape index (κ2) is 11.1. The van der Waals surface area contributed by atoms with Gasteiger partial charge in [0.1, 0.15) is 5.69 Å². The number of carbonyl (C=O) groups excluding carboxylic acids is 1. The van der Waals surface area contributed by atoms with Crippen LogP contribution in [0.5, 0.6) is 0 Å². The summed E-state index contributed by atoms with van der Waals surface area (Å²) in [5.74, 6) is 0.251. The fourth-order valence-corrected chi connectivity index (χ4v) is 5.76. The minimum absolute atomic E-state index is 0.155. The summed E-state index contributed by atoms with van der Waals surface area (Å²) in [6, 6.07) is 22.7. The number of anilines is 1. The van der Waals surface area contributed by atoms with E-state index in [0.29, 0.717) is 11.6 Å². The molecule has 2 aromatic carbocycles. The summed E-state index contributed by atoms with van der Waals surface area (Å²) in [6.45, 7) is 7.11. The largest absolute Gasteiger partial charge is 0.320 e. The average Bonchev–Trinajstić information content (AvgIpc) is 3.40. The van der Waals surface area contributed by atoms with Gasteiger partial charge in [0.2, 0.25) is 0 Å². The highest BCUT2D eigenvalue weighted by atomic mass is 32.1. The van der Waals surface area contributed by atoms with E-state index < -0.39 is 0 Å². The molecule has 0 aliphatic carbocycles. The van der Waals surface area contributed by atoms with Gasteiger partial charge in [-0.05, 0) is 68.6 Å². The van der Waals surface area contributed by atoms with Crippen molar-refractivity contribution in [2.24, 2.45) is 0 Å². The summed E-state index contributed by atoms with van der Waals surface area (Å²) in [5, 5.41) is 6.06. The number of hydrogen-bond acceptors (Lipinski definition) is 5. The van der Waals surface area contributed by atoms with Crippen LogP contribution in [0.3, 0.4) is 0 Å². The Hall–Kier alpha value is -3.35. The van der Waals surface area contributed by atoms with Gasteiger partial charge in [0.05, 0.1) is 10.7 Å². The van der Waals surface area contributed by atoms with E-state index in [1.165, 1.54) is 5.56 Å². The summed E-state index contributed by atoms with van der Waals surface area (Å²) in [5.41, 5.74) is 6.90. The van der Waals surface area contributed by atoms with Crippen molar-refractivity contribution in [2.45, 2.75) is 45.6 Å². The smallest absolute Gasteiger partial charge is 0.275 e. The third-order valence-corrected chi connectivity index (χ3v) is 7.88. The van der Waals surface area contributed by atoms with Crippen LogP contribution in [-0.2, 0) is 13.0 Å². The molecule has 1 amide bonds. The molecular weight excluding hydrogens is 464 g/mol. The van der Waals surface area contributed by atoms with Gasteiger partial charge in [-0.2, -0.15) is 0 Å². The molecule has 1 fully saturated rings. The number of likely N-dealkylation sites (tertiary alicyclic amines) is 1. The summed E-state index contributed by atoms with van der Waals surface area (Å²) >= 11 is 1.60. The maximum absolute atomic E-state index is 13.1. The number of nitrogens with zero attached hydrogens (tertiary/aromatic N) is 3. The number of aryl methyl sites for hydroxylation is 2. The van der Waals surface area contributed by atoms with Crippen molar-refractivity contribution in [1.82, 2.24) is 14.9 Å². The van der Waals surface area contributed by atoms with Gasteiger partial charge in [-0.25, -0.2) is 4.98 Å². The minimum Gasteiger partial charge on any atom is -0.320 e. The van der Waals surface area contributed by atoms with Gasteiger partial charge < -0.3 is 5.32 Å². The molecule has 1 aliphatic rings. The molecule has 6 heteroatoms. The number of benzene rings is 2. The van der Waals surface area contributed by atoms with Crippen molar-refractivity contribution < 1.29 is 4.79 Å². The lowest BCUT2D eigenvalue weighted by molar-refractivity contribution is 0.102. The van der Waals surface area contributed by atoms with Gasteiger partial charge in [0.15, 0.2) is 0 Å². The van der Waals surface area contributed by atoms with Gasteiger partial charge in [0, 0.05) is 34.8 Å². The molecule has 0 bridgehead atoms. The number of pyridine rings is 1. The summed E-state index contributed by atoms with van der Waals surface area (Å²) in [6.07, 6.45) is 3.11. The third kappa shape index (κ3) is 5.72. The van der Waals surface area contributed by atoms with E-state index >= 15 is 0 Å². The van der Waals surface area contributed by atoms with E-state index in [4.69, 9.17) is 4.98 Å². The van der Waals surface area contributed by atoms with Crippen molar-refractivity contribution in [3.05, 3.63) is 99.8 Å². The zero-order chi connectivity index (χ0) is 24.9. The highest BCUT2D eigenvalue weighted by Gasteiger charge is 2.24. The maximum atomic E-state index is 13.1. The highest BCUT2D eigenvalue weighted by molar-refractivity contribution is 7.10. The number of hydrogen-bond donors (Lipinski definition) is 1. The summed E-state index contributed by atoms with van der Waals surface area (Å²) in [7, 11) is 0. The molecule has 1 N–H and O–H groups in total. The Morgan fingerprint density at radius 3 is 2.53 bits per heavy atom. The zero-order valence-electron chi connectivity index (χ0n) is 20.9. The fourth-order valence-electron chi connectivity index (χ4n) is 4.78. The van der Waals surface area contributed by atoms with Crippen molar-refractivity contribution >= 4 is 22.9 Å². The molecule has 1 saturated heterocycles. The lowest BCUT2D eigenvalue weighted by Crippen LogP contribution is -2.32. The molecule has 0 radical (unpaired) electrons. The molecule has 3 heterocycles. The number of aromatic nitrogens is 2. The molecule has 1 aliphatic heterocycles. The number of piperidine rings is 1. The Balaban J connectivity index is 1.21. The molecule has 0 spiro atoms. The van der Waals surface area contributed by atoms with E-state index in [1.807, 2.05) is 42.6 Å². The quantitative estimate of drug-likeness (QED) is 0.309. The Bertz CT molecular complexity index is 1320. The van der Waals surface area contributed by atoms with Crippen LogP contribution >= 0.6 is 11.3 Å². The van der Waals surface area contributed by atoms with Gasteiger partial charge >= 0.3 is 0 Å². The molecule has 0 saturated carbocycles. The summed E-state index contributed by atoms with van der Waals surface area (Å²) < 4.78 is 0. The maximum Gasteiger partial charge on any atom is 0.275 e. The Morgan fingerprint density at radius 2 is 1.78 bits per heavy atom. The molecule has 0 atom stereocenters. The van der Waals surface area contributed by atoms with E-state index in [-0.39, 0.29) is 5.91 Å². The number of amides is 1. The Labute approximate surface area is 217 Å². The van der Waals surface area contributed by atoms with E-state index in [0.717, 1.165) is 72.1 Å². The topological polar surface area (TPSA) is 58.1 Å². The van der Waals surface area contributed by atoms with E-state index in [1.54, 1.807) is 11.3 Å².